The van der Waals surface area contributed by atoms with E-state index in [4.69, 9.17) is 5.73 Å². The molecule has 0 spiro atoms. The molecule has 1 rings (SSSR count). The lowest BCUT2D eigenvalue weighted by Gasteiger charge is -2.08. The van der Waals surface area contributed by atoms with Gasteiger partial charge in [0, 0.05) is 6.92 Å². The second-order valence-electron chi connectivity index (χ2n) is 2.54. The Labute approximate surface area is 83.9 Å². The summed E-state index contributed by atoms with van der Waals surface area (Å²) in [7, 11) is 0. The molecule has 0 unspecified atom stereocenters. The summed E-state index contributed by atoms with van der Waals surface area (Å²) in [5.74, 6) is -0.292. The van der Waals surface area contributed by atoms with Gasteiger partial charge in [-0.05, 0) is 28.1 Å². The van der Waals surface area contributed by atoms with Crippen LogP contribution >= 0.6 is 15.9 Å². The average Bonchev–Trinajstić information content (AvgIpc) is 2.06. The van der Waals surface area contributed by atoms with Crippen molar-refractivity contribution in [3.05, 3.63) is 16.6 Å². The number of benzene rings is 1. The second-order valence-corrected chi connectivity index (χ2v) is 3.39. The Bertz CT molecular complexity index is 352. The number of rotatable bonds is 1. The Hall–Kier alpha value is -1.23. The van der Waals surface area contributed by atoms with Gasteiger partial charge < -0.3 is 16.2 Å². The summed E-state index contributed by atoms with van der Waals surface area (Å²) in [6.45, 7) is 1.37. The third-order valence-corrected chi connectivity index (χ3v) is 2.12. The predicted octanol–water partition coefficient (Wildman–Crippen LogP) is 1.70. The monoisotopic (exact) mass is 244 g/mol. The molecular weight excluding hydrogens is 236 g/mol. The van der Waals surface area contributed by atoms with Crippen molar-refractivity contribution in [3.63, 3.8) is 0 Å². The first-order valence-electron chi connectivity index (χ1n) is 3.57. The van der Waals surface area contributed by atoms with Gasteiger partial charge in [-0.3, -0.25) is 4.79 Å². The van der Waals surface area contributed by atoms with Gasteiger partial charge in [0.25, 0.3) is 0 Å². The summed E-state index contributed by atoms with van der Waals surface area (Å²) in [5, 5.41) is 11.9. The number of phenols is 1. The second kappa shape index (κ2) is 3.66. The van der Waals surface area contributed by atoms with Gasteiger partial charge in [0.15, 0.2) is 5.75 Å². The van der Waals surface area contributed by atoms with Gasteiger partial charge in [-0.15, -0.1) is 0 Å². The minimum absolute atomic E-state index is 0.0637. The van der Waals surface area contributed by atoms with Crippen LogP contribution in [0.4, 0.5) is 11.4 Å². The minimum Gasteiger partial charge on any atom is -0.505 e. The van der Waals surface area contributed by atoms with Crippen LogP contribution in [0, 0.1) is 0 Å². The number of aromatic hydroxyl groups is 1. The lowest BCUT2D eigenvalue weighted by molar-refractivity contribution is -0.114. The number of hydrogen-bond donors (Lipinski definition) is 3. The molecule has 0 aliphatic rings. The molecule has 4 N–H and O–H groups in total. The van der Waals surface area contributed by atoms with E-state index in [2.05, 4.69) is 21.2 Å². The molecular formula is C8H9BrN2O2. The van der Waals surface area contributed by atoms with Crippen molar-refractivity contribution in [2.45, 2.75) is 6.92 Å². The van der Waals surface area contributed by atoms with Gasteiger partial charge >= 0.3 is 0 Å². The van der Waals surface area contributed by atoms with Crippen molar-refractivity contribution in [1.82, 2.24) is 0 Å². The standard InChI is InChI=1S/C8H9BrN2O2/c1-4(12)11-6-3-2-5(9)8(13)7(6)10/h2-3,13H,10H2,1H3,(H,11,12). The molecule has 0 fully saturated rings. The molecule has 70 valence electrons. The number of phenolic OH excluding ortho intramolecular Hbond substituents is 1. The number of nitrogen functional groups attached to an aromatic ring is 1. The maximum Gasteiger partial charge on any atom is 0.221 e. The predicted molar refractivity (Wildman–Crippen MR) is 54.5 cm³/mol. The molecule has 1 aromatic carbocycles. The van der Waals surface area contributed by atoms with Crippen LogP contribution in [0.2, 0.25) is 0 Å². The van der Waals surface area contributed by atoms with Crippen LogP contribution in [-0.2, 0) is 4.79 Å². The highest BCUT2D eigenvalue weighted by Crippen LogP contribution is 2.35. The van der Waals surface area contributed by atoms with Crippen LogP contribution in [0.25, 0.3) is 0 Å². The quantitative estimate of drug-likeness (QED) is 0.520. The first-order chi connectivity index (χ1) is 6.02. The van der Waals surface area contributed by atoms with Crippen molar-refractivity contribution in [1.29, 1.82) is 0 Å². The number of nitrogens with two attached hydrogens (primary N) is 1. The maximum atomic E-state index is 10.7. The first-order valence-corrected chi connectivity index (χ1v) is 4.36. The Morgan fingerprint density at radius 2 is 2.23 bits per heavy atom. The first kappa shape index (κ1) is 9.85. The summed E-state index contributed by atoms with van der Waals surface area (Å²) in [6, 6.07) is 3.22. The van der Waals surface area contributed by atoms with E-state index in [1.54, 1.807) is 12.1 Å². The van der Waals surface area contributed by atoms with E-state index in [1.807, 2.05) is 0 Å². The lowest BCUT2D eigenvalue weighted by atomic mass is 10.2. The molecule has 13 heavy (non-hydrogen) atoms. The van der Waals surface area contributed by atoms with Crippen LogP contribution in [0.3, 0.4) is 0 Å². The molecule has 4 nitrogen and oxygen atoms in total. The smallest absolute Gasteiger partial charge is 0.221 e. The highest BCUT2D eigenvalue weighted by atomic mass is 79.9. The summed E-state index contributed by atoms with van der Waals surface area (Å²) < 4.78 is 0.499. The largest absolute Gasteiger partial charge is 0.505 e. The van der Waals surface area contributed by atoms with Crippen LogP contribution in [0.1, 0.15) is 6.92 Å². The number of hydrogen-bond acceptors (Lipinski definition) is 3. The summed E-state index contributed by atoms with van der Waals surface area (Å²) in [4.78, 5) is 10.7. The lowest BCUT2D eigenvalue weighted by Crippen LogP contribution is -2.07. The molecule has 0 bridgehead atoms. The van der Waals surface area contributed by atoms with Crippen molar-refractivity contribution in [2.75, 3.05) is 11.1 Å². The molecule has 1 amide bonds. The van der Waals surface area contributed by atoms with Crippen LogP contribution < -0.4 is 11.1 Å². The summed E-state index contributed by atoms with van der Waals surface area (Å²) in [5.41, 5.74) is 6.10. The zero-order valence-electron chi connectivity index (χ0n) is 6.97. The summed E-state index contributed by atoms with van der Waals surface area (Å²) in [6.07, 6.45) is 0. The average molecular weight is 245 g/mol. The molecule has 0 aromatic heterocycles. The van der Waals surface area contributed by atoms with Gasteiger partial charge in [-0.1, -0.05) is 0 Å². The number of halogens is 1. The fourth-order valence-corrected chi connectivity index (χ4v) is 1.23. The zero-order chi connectivity index (χ0) is 10.0. The highest BCUT2D eigenvalue weighted by molar-refractivity contribution is 9.10. The fourth-order valence-electron chi connectivity index (χ4n) is 0.880. The molecule has 0 heterocycles. The van der Waals surface area contributed by atoms with Crippen LogP contribution in [-0.4, -0.2) is 11.0 Å². The van der Waals surface area contributed by atoms with Gasteiger partial charge in [0.2, 0.25) is 5.91 Å². The Balaban J connectivity index is 3.10. The van der Waals surface area contributed by atoms with Crippen LogP contribution in [0.15, 0.2) is 16.6 Å². The van der Waals surface area contributed by atoms with Crippen LogP contribution in [0.5, 0.6) is 5.75 Å². The Morgan fingerprint density at radius 3 is 2.77 bits per heavy atom. The van der Waals surface area contributed by atoms with Gasteiger partial charge in [-0.25, -0.2) is 0 Å². The van der Waals surface area contributed by atoms with Crippen molar-refractivity contribution in [2.24, 2.45) is 0 Å². The number of amides is 1. The fraction of sp³-hybridized carbons (Fsp3) is 0.125. The third kappa shape index (κ3) is 2.12. The number of carbonyl (C=O) groups excluding carboxylic acids is 1. The third-order valence-electron chi connectivity index (χ3n) is 1.48. The van der Waals surface area contributed by atoms with E-state index in [1.165, 1.54) is 6.92 Å². The van der Waals surface area contributed by atoms with Gasteiger partial charge in [-0.2, -0.15) is 0 Å². The van der Waals surface area contributed by atoms with E-state index >= 15 is 0 Å². The van der Waals surface area contributed by atoms with Crippen molar-refractivity contribution >= 4 is 33.2 Å². The van der Waals surface area contributed by atoms with Gasteiger partial charge in [0.05, 0.1) is 15.8 Å². The normalized spacial score (nSPS) is 9.69. The minimum atomic E-state index is -0.228. The molecule has 0 saturated heterocycles. The summed E-state index contributed by atoms with van der Waals surface area (Å²) >= 11 is 3.10. The number of carbonyl (C=O) groups is 1. The number of anilines is 2. The Morgan fingerprint density at radius 1 is 1.62 bits per heavy atom. The van der Waals surface area contributed by atoms with Crippen molar-refractivity contribution < 1.29 is 9.90 Å². The van der Waals surface area contributed by atoms with E-state index in [0.29, 0.717) is 10.2 Å². The van der Waals surface area contributed by atoms with E-state index in [9.17, 15) is 9.90 Å². The van der Waals surface area contributed by atoms with Crippen molar-refractivity contribution in [3.8, 4) is 5.75 Å². The Kier molecular flexibility index (Phi) is 2.77. The molecule has 0 aliphatic carbocycles. The van der Waals surface area contributed by atoms with Gasteiger partial charge in [0.1, 0.15) is 0 Å². The molecule has 0 atom stereocenters. The SMILES string of the molecule is CC(=O)Nc1ccc(Br)c(O)c1N. The maximum absolute atomic E-state index is 10.7. The molecule has 0 radical (unpaired) electrons. The molecule has 5 heteroatoms. The topological polar surface area (TPSA) is 75.3 Å². The molecule has 1 aromatic rings. The zero-order valence-corrected chi connectivity index (χ0v) is 8.55. The molecule has 0 aliphatic heterocycles. The number of nitrogens with one attached hydrogen (secondary N) is 1. The van der Waals surface area contributed by atoms with E-state index < -0.39 is 0 Å². The van der Waals surface area contributed by atoms with E-state index in [-0.39, 0.29) is 17.3 Å². The molecule has 0 saturated carbocycles. The van der Waals surface area contributed by atoms with E-state index in [0.717, 1.165) is 0 Å². The highest BCUT2D eigenvalue weighted by Gasteiger charge is 2.08.